The number of nitrogens with one attached hydrogen (secondary N) is 1. The van der Waals surface area contributed by atoms with Crippen LogP contribution in [0.3, 0.4) is 0 Å². The van der Waals surface area contributed by atoms with E-state index in [2.05, 4.69) is 107 Å². The summed E-state index contributed by atoms with van der Waals surface area (Å²) < 4.78 is 0. The Bertz CT molecular complexity index is 1200. The zero-order valence-electron chi connectivity index (χ0n) is 16.8. The Morgan fingerprint density at radius 3 is 2.20 bits per heavy atom. The van der Waals surface area contributed by atoms with E-state index in [4.69, 9.17) is 0 Å². The maximum absolute atomic E-state index is 3.47. The molecule has 0 heterocycles. The van der Waals surface area contributed by atoms with Gasteiger partial charge in [0.25, 0.3) is 0 Å². The Labute approximate surface area is 177 Å². The van der Waals surface area contributed by atoms with Gasteiger partial charge in [-0.05, 0) is 66.8 Å². The molecule has 1 N–H and O–H groups in total. The van der Waals surface area contributed by atoms with Gasteiger partial charge in [-0.3, -0.25) is 0 Å². The lowest BCUT2D eigenvalue weighted by molar-refractivity contribution is 0.919. The number of hydrogen-bond acceptors (Lipinski definition) is 2. The summed E-state index contributed by atoms with van der Waals surface area (Å²) >= 11 is 0. The van der Waals surface area contributed by atoms with Crippen LogP contribution in [-0.2, 0) is 0 Å². The fourth-order valence-electron chi connectivity index (χ4n) is 4.02. The third kappa shape index (κ3) is 3.72. The molecule has 0 atom stereocenters. The summed E-state index contributed by atoms with van der Waals surface area (Å²) in [4.78, 5) is 2.40. The highest BCUT2D eigenvalue weighted by Crippen LogP contribution is 2.38. The summed E-state index contributed by atoms with van der Waals surface area (Å²) in [5, 5.41) is 6.00. The molecule has 146 valence electrons. The number of nitrogens with zero attached hydrogens (tertiary/aromatic N) is 1. The molecule has 2 nitrogen and oxygen atoms in total. The monoisotopic (exact) mass is 388 g/mol. The molecule has 30 heavy (non-hydrogen) atoms. The average molecular weight is 389 g/mol. The van der Waals surface area contributed by atoms with Crippen LogP contribution in [0.4, 0.5) is 22.7 Å². The highest BCUT2D eigenvalue weighted by molar-refractivity contribution is 5.97. The quantitative estimate of drug-likeness (QED) is 0.373. The molecule has 0 saturated carbocycles. The average Bonchev–Trinajstić information content (AvgIpc) is 2.82. The topological polar surface area (TPSA) is 15.3 Å². The number of rotatable bonds is 5. The van der Waals surface area contributed by atoms with Gasteiger partial charge >= 0.3 is 0 Å². The number of anilines is 4. The van der Waals surface area contributed by atoms with E-state index in [0.29, 0.717) is 0 Å². The van der Waals surface area contributed by atoms with Crippen LogP contribution in [0.25, 0.3) is 10.8 Å². The second kappa shape index (κ2) is 8.30. The molecule has 4 aromatic carbocycles. The molecule has 0 amide bonds. The predicted octanol–water partition coefficient (Wildman–Crippen LogP) is 7.96. The standard InChI is InChI=1S/C28H24N2/c1-3-12-23(13-4-1)29-24-18-20-26(21-19-24)30(25-14-5-2-6-15-25)28-17-9-11-22-10-7-8-16-27(22)28/h1-5,7-14,16-21,29H,6,15H2. The van der Waals surface area contributed by atoms with Crippen molar-refractivity contribution in [2.45, 2.75) is 12.8 Å². The van der Waals surface area contributed by atoms with Crippen molar-refractivity contribution in [2.24, 2.45) is 0 Å². The molecule has 0 aromatic heterocycles. The predicted molar refractivity (Wildman–Crippen MR) is 129 cm³/mol. The van der Waals surface area contributed by atoms with Gasteiger partial charge in [0.2, 0.25) is 0 Å². The van der Waals surface area contributed by atoms with Crippen molar-refractivity contribution in [1.29, 1.82) is 0 Å². The van der Waals surface area contributed by atoms with Crippen molar-refractivity contribution in [3.63, 3.8) is 0 Å². The van der Waals surface area contributed by atoms with E-state index >= 15 is 0 Å². The number of benzene rings is 4. The summed E-state index contributed by atoms with van der Waals surface area (Å²) in [5.74, 6) is 0. The molecule has 0 aliphatic heterocycles. The lowest BCUT2D eigenvalue weighted by Gasteiger charge is -2.30. The number of para-hydroxylation sites is 1. The summed E-state index contributed by atoms with van der Waals surface area (Å²) in [6.45, 7) is 0. The van der Waals surface area contributed by atoms with Gasteiger partial charge in [0, 0.05) is 28.1 Å². The van der Waals surface area contributed by atoms with Crippen molar-refractivity contribution >= 4 is 33.5 Å². The van der Waals surface area contributed by atoms with Gasteiger partial charge in [0.15, 0.2) is 0 Å². The van der Waals surface area contributed by atoms with Crippen LogP contribution in [0.5, 0.6) is 0 Å². The van der Waals surface area contributed by atoms with Gasteiger partial charge < -0.3 is 10.2 Å². The zero-order valence-corrected chi connectivity index (χ0v) is 16.8. The summed E-state index contributed by atoms with van der Waals surface area (Å²) in [6.07, 6.45) is 8.74. The second-order valence-electron chi connectivity index (χ2n) is 7.50. The van der Waals surface area contributed by atoms with Crippen molar-refractivity contribution in [1.82, 2.24) is 0 Å². The first-order valence-corrected chi connectivity index (χ1v) is 10.4. The molecule has 0 radical (unpaired) electrons. The number of hydrogen-bond donors (Lipinski definition) is 1. The molecular formula is C28H24N2. The molecule has 4 aromatic rings. The molecule has 0 fully saturated rings. The second-order valence-corrected chi connectivity index (χ2v) is 7.50. The summed E-state index contributed by atoms with van der Waals surface area (Å²) in [6, 6.07) is 34.1. The Balaban J connectivity index is 1.56. The highest BCUT2D eigenvalue weighted by atomic mass is 15.1. The van der Waals surface area contributed by atoms with Crippen LogP contribution in [0.15, 0.2) is 121 Å². The molecule has 2 heteroatoms. The van der Waals surface area contributed by atoms with E-state index in [-0.39, 0.29) is 0 Å². The number of fused-ring (bicyclic) bond motifs is 1. The minimum absolute atomic E-state index is 1.03. The van der Waals surface area contributed by atoms with Crippen molar-refractivity contribution < 1.29 is 0 Å². The number of allylic oxidation sites excluding steroid dienone is 4. The first-order chi connectivity index (χ1) is 14.9. The lowest BCUT2D eigenvalue weighted by atomic mass is 10.0. The van der Waals surface area contributed by atoms with Gasteiger partial charge in [0.1, 0.15) is 0 Å². The molecule has 0 bridgehead atoms. The fraction of sp³-hybridized carbons (Fsp3) is 0.0714. The van der Waals surface area contributed by atoms with Crippen molar-refractivity contribution in [3.8, 4) is 0 Å². The minimum atomic E-state index is 1.03. The molecular weight excluding hydrogens is 364 g/mol. The fourth-order valence-corrected chi connectivity index (χ4v) is 4.02. The normalized spacial score (nSPS) is 13.1. The van der Waals surface area contributed by atoms with E-state index in [1.54, 1.807) is 0 Å². The maximum atomic E-state index is 3.47. The van der Waals surface area contributed by atoms with Crippen molar-refractivity contribution in [2.75, 3.05) is 10.2 Å². The Kier molecular flexibility index (Phi) is 5.05. The molecule has 1 aliphatic carbocycles. The van der Waals surface area contributed by atoms with E-state index in [9.17, 15) is 0 Å². The Hall–Kier alpha value is -3.78. The first-order valence-electron chi connectivity index (χ1n) is 10.4. The van der Waals surface area contributed by atoms with E-state index in [0.717, 1.165) is 24.2 Å². The van der Waals surface area contributed by atoms with Gasteiger partial charge in [-0.2, -0.15) is 0 Å². The third-order valence-electron chi connectivity index (χ3n) is 5.47. The molecule has 0 saturated heterocycles. The van der Waals surface area contributed by atoms with Crippen LogP contribution in [-0.4, -0.2) is 0 Å². The Morgan fingerprint density at radius 1 is 0.667 bits per heavy atom. The minimum Gasteiger partial charge on any atom is -0.356 e. The van der Waals surface area contributed by atoms with E-state index in [1.165, 1.54) is 27.8 Å². The van der Waals surface area contributed by atoms with Crippen LogP contribution >= 0.6 is 0 Å². The molecule has 0 unspecified atom stereocenters. The largest absolute Gasteiger partial charge is 0.356 e. The van der Waals surface area contributed by atoms with Crippen LogP contribution in [0.1, 0.15) is 12.8 Å². The maximum Gasteiger partial charge on any atom is 0.0536 e. The molecule has 0 spiro atoms. The smallest absolute Gasteiger partial charge is 0.0536 e. The van der Waals surface area contributed by atoms with Gasteiger partial charge in [-0.15, -0.1) is 0 Å². The Morgan fingerprint density at radius 2 is 1.40 bits per heavy atom. The lowest BCUT2D eigenvalue weighted by Crippen LogP contribution is -2.17. The highest BCUT2D eigenvalue weighted by Gasteiger charge is 2.17. The first kappa shape index (κ1) is 18.3. The van der Waals surface area contributed by atoms with Crippen LogP contribution in [0, 0.1) is 0 Å². The third-order valence-corrected chi connectivity index (χ3v) is 5.47. The SMILES string of the molecule is C1=CCCC(N(c2ccc(Nc3ccccc3)cc2)c2cccc3ccccc23)=C1. The van der Waals surface area contributed by atoms with E-state index in [1.807, 2.05) is 18.2 Å². The molecule has 1 aliphatic rings. The molecule has 5 rings (SSSR count). The summed E-state index contributed by atoms with van der Waals surface area (Å²) in [5.41, 5.74) is 5.89. The zero-order chi connectivity index (χ0) is 20.2. The van der Waals surface area contributed by atoms with Gasteiger partial charge in [0.05, 0.1) is 5.69 Å². The van der Waals surface area contributed by atoms with Gasteiger partial charge in [-0.25, -0.2) is 0 Å². The van der Waals surface area contributed by atoms with E-state index < -0.39 is 0 Å². The summed E-state index contributed by atoms with van der Waals surface area (Å²) in [7, 11) is 0. The van der Waals surface area contributed by atoms with Gasteiger partial charge in [-0.1, -0.05) is 66.7 Å². The van der Waals surface area contributed by atoms with Crippen LogP contribution < -0.4 is 10.2 Å². The van der Waals surface area contributed by atoms with Crippen LogP contribution in [0.2, 0.25) is 0 Å². The van der Waals surface area contributed by atoms with Crippen molar-refractivity contribution in [3.05, 3.63) is 121 Å².